The average Bonchev–Trinajstić information content (AvgIpc) is 3.07. The van der Waals surface area contributed by atoms with E-state index in [4.69, 9.17) is 34.8 Å². The highest BCUT2D eigenvalue weighted by Gasteiger charge is 2.56. The Hall–Kier alpha value is 0.0500. The Balaban J connectivity index is 2.04. The van der Waals surface area contributed by atoms with Gasteiger partial charge in [-0.05, 0) is 37.3 Å². The first-order chi connectivity index (χ1) is 8.01. The minimum absolute atomic E-state index is 0.168. The maximum Gasteiger partial charge on any atom is 0.0976 e. The quantitative estimate of drug-likeness (QED) is 0.813. The Labute approximate surface area is 117 Å². The maximum absolute atomic E-state index is 10.5. The number of hydrogen-bond donors (Lipinski definition) is 1. The molecule has 0 heterocycles. The van der Waals surface area contributed by atoms with Crippen molar-refractivity contribution < 1.29 is 5.11 Å². The molecule has 0 radical (unpaired) electrons. The lowest BCUT2D eigenvalue weighted by Crippen LogP contribution is -2.43. The fraction of sp³-hybridized carbons (Fsp3) is 0.538. The van der Waals surface area contributed by atoms with Gasteiger partial charge >= 0.3 is 0 Å². The van der Waals surface area contributed by atoms with E-state index in [1.165, 1.54) is 0 Å². The van der Waals surface area contributed by atoms with Gasteiger partial charge in [0.2, 0.25) is 0 Å². The van der Waals surface area contributed by atoms with Crippen LogP contribution in [0.3, 0.4) is 0 Å². The summed E-state index contributed by atoms with van der Waals surface area (Å²) < 4.78 is 0. The Morgan fingerprint density at radius 3 is 2.47 bits per heavy atom. The van der Waals surface area contributed by atoms with Crippen molar-refractivity contribution in [2.45, 2.75) is 36.2 Å². The van der Waals surface area contributed by atoms with Gasteiger partial charge in [0, 0.05) is 5.02 Å². The normalized spacial score (nSPS) is 20.9. The van der Waals surface area contributed by atoms with E-state index < -0.39 is 10.5 Å². The summed E-state index contributed by atoms with van der Waals surface area (Å²) in [4.78, 5) is -0.518. The smallest absolute Gasteiger partial charge is 0.0976 e. The molecule has 0 bridgehead atoms. The second-order valence-electron chi connectivity index (χ2n) is 4.72. The summed E-state index contributed by atoms with van der Waals surface area (Å²) in [6.07, 6.45) is 2.90. The molecule has 0 spiro atoms. The molecule has 1 aliphatic rings. The molecule has 1 aromatic carbocycles. The van der Waals surface area contributed by atoms with Crippen LogP contribution in [0.1, 0.15) is 24.8 Å². The van der Waals surface area contributed by atoms with Crippen molar-refractivity contribution in [1.29, 1.82) is 0 Å². The van der Waals surface area contributed by atoms with Gasteiger partial charge in [0.05, 0.1) is 16.4 Å². The minimum Gasteiger partial charge on any atom is -0.387 e. The van der Waals surface area contributed by atoms with E-state index in [0.717, 1.165) is 23.4 Å². The molecule has 94 valence electrons. The molecule has 4 heteroatoms. The highest BCUT2D eigenvalue weighted by molar-refractivity contribution is 6.31. The lowest BCUT2D eigenvalue weighted by Gasteiger charge is -2.31. The van der Waals surface area contributed by atoms with Gasteiger partial charge in [-0.1, -0.05) is 29.8 Å². The number of alkyl halides is 2. The predicted octanol–water partition coefficient (Wildman–Crippen LogP) is 4.01. The van der Waals surface area contributed by atoms with Gasteiger partial charge in [0.15, 0.2) is 0 Å². The van der Waals surface area contributed by atoms with Crippen LogP contribution in [-0.4, -0.2) is 21.5 Å². The van der Waals surface area contributed by atoms with Gasteiger partial charge in [-0.3, -0.25) is 0 Å². The molecular weight excluding hydrogens is 279 g/mol. The number of aryl methyl sites for hydroxylation is 1. The van der Waals surface area contributed by atoms with Crippen molar-refractivity contribution >= 4 is 34.8 Å². The van der Waals surface area contributed by atoms with E-state index in [0.29, 0.717) is 12.8 Å². The molecule has 0 amide bonds. The lowest BCUT2D eigenvalue weighted by molar-refractivity contribution is 0.0423. The van der Waals surface area contributed by atoms with Crippen LogP contribution in [0.4, 0.5) is 0 Å². The summed E-state index contributed by atoms with van der Waals surface area (Å²) >= 11 is 18.2. The molecule has 0 saturated heterocycles. The first kappa shape index (κ1) is 13.5. The third-order valence-electron chi connectivity index (χ3n) is 3.51. The fourth-order valence-corrected chi connectivity index (χ4v) is 2.97. The van der Waals surface area contributed by atoms with E-state index in [1.807, 2.05) is 24.3 Å². The molecule has 1 fully saturated rings. The van der Waals surface area contributed by atoms with E-state index in [2.05, 4.69) is 0 Å². The van der Waals surface area contributed by atoms with Crippen molar-refractivity contribution in [1.82, 2.24) is 0 Å². The van der Waals surface area contributed by atoms with Gasteiger partial charge < -0.3 is 5.11 Å². The van der Waals surface area contributed by atoms with Crippen molar-refractivity contribution in [3.05, 3.63) is 34.9 Å². The SMILES string of the molecule is OC(CCl)(CCc1ccccc1Cl)C1(Cl)CC1. The summed E-state index contributed by atoms with van der Waals surface area (Å²) in [6, 6.07) is 7.65. The summed E-state index contributed by atoms with van der Waals surface area (Å²) in [6.45, 7) is 0. The van der Waals surface area contributed by atoms with Crippen LogP contribution in [0.5, 0.6) is 0 Å². The van der Waals surface area contributed by atoms with E-state index in [9.17, 15) is 5.11 Å². The van der Waals surface area contributed by atoms with Gasteiger partial charge in [-0.2, -0.15) is 0 Å². The van der Waals surface area contributed by atoms with Crippen molar-refractivity contribution in [3.63, 3.8) is 0 Å². The highest BCUT2D eigenvalue weighted by atomic mass is 35.5. The molecule has 1 N–H and O–H groups in total. The zero-order chi connectivity index (χ0) is 12.5. The van der Waals surface area contributed by atoms with Crippen LogP contribution in [0.15, 0.2) is 24.3 Å². The molecule has 17 heavy (non-hydrogen) atoms. The third-order valence-corrected chi connectivity index (χ3v) is 5.05. The number of rotatable bonds is 5. The Bertz CT molecular complexity index is 403. The zero-order valence-corrected chi connectivity index (χ0v) is 11.7. The van der Waals surface area contributed by atoms with Gasteiger partial charge in [-0.15, -0.1) is 23.2 Å². The van der Waals surface area contributed by atoms with Crippen molar-refractivity contribution in [2.24, 2.45) is 0 Å². The molecule has 1 atom stereocenters. The predicted molar refractivity (Wildman–Crippen MR) is 73.3 cm³/mol. The summed E-state index contributed by atoms with van der Waals surface area (Å²) in [7, 11) is 0. The molecule has 2 rings (SSSR count). The molecule has 0 aliphatic heterocycles. The first-order valence-electron chi connectivity index (χ1n) is 5.71. The molecule has 1 saturated carbocycles. The Kier molecular flexibility index (Phi) is 3.94. The van der Waals surface area contributed by atoms with Crippen molar-refractivity contribution in [3.8, 4) is 0 Å². The summed E-state index contributed by atoms with van der Waals surface area (Å²) in [5, 5.41) is 11.2. The van der Waals surface area contributed by atoms with E-state index >= 15 is 0 Å². The fourth-order valence-electron chi connectivity index (χ4n) is 2.03. The van der Waals surface area contributed by atoms with Crippen molar-refractivity contribution in [2.75, 3.05) is 5.88 Å². The van der Waals surface area contributed by atoms with E-state index in [-0.39, 0.29) is 5.88 Å². The topological polar surface area (TPSA) is 20.2 Å². The number of aliphatic hydroxyl groups is 1. The van der Waals surface area contributed by atoms with Gasteiger partial charge in [0.1, 0.15) is 0 Å². The third kappa shape index (κ3) is 2.73. The van der Waals surface area contributed by atoms with Crippen LogP contribution in [0, 0.1) is 0 Å². The summed E-state index contributed by atoms with van der Waals surface area (Å²) in [5.41, 5.74) is 0.0357. The molecule has 1 nitrogen and oxygen atoms in total. The Morgan fingerprint density at radius 2 is 1.94 bits per heavy atom. The monoisotopic (exact) mass is 292 g/mol. The standard InChI is InChI=1S/C13H15Cl3O/c14-9-13(17,12(16)7-8-12)6-5-10-3-1-2-4-11(10)15/h1-4,17H,5-9H2. The molecule has 0 aromatic heterocycles. The van der Waals surface area contributed by atoms with Crippen LogP contribution in [0.2, 0.25) is 5.02 Å². The zero-order valence-electron chi connectivity index (χ0n) is 9.43. The number of benzene rings is 1. The highest BCUT2D eigenvalue weighted by Crippen LogP contribution is 2.53. The summed E-state index contributed by atoms with van der Waals surface area (Å²) in [5.74, 6) is 0.168. The second-order valence-corrected chi connectivity index (χ2v) is 6.12. The van der Waals surface area contributed by atoms with E-state index in [1.54, 1.807) is 0 Å². The first-order valence-corrected chi connectivity index (χ1v) is 7.00. The van der Waals surface area contributed by atoms with Gasteiger partial charge in [-0.25, -0.2) is 0 Å². The molecule has 1 aromatic rings. The van der Waals surface area contributed by atoms with Crippen LogP contribution < -0.4 is 0 Å². The average molecular weight is 294 g/mol. The number of hydrogen-bond acceptors (Lipinski definition) is 1. The lowest BCUT2D eigenvalue weighted by atomic mass is 9.91. The van der Waals surface area contributed by atoms with Crippen LogP contribution in [-0.2, 0) is 6.42 Å². The second kappa shape index (κ2) is 4.97. The van der Waals surface area contributed by atoms with Crippen LogP contribution in [0.25, 0.3) is 0 Å². The molecular formula is C13H15Cl3O. The van der Waals surface area contributed by atoms with Gasteiger partial charge in [0.25, 0.3) is 0 Å². The van der Waals surface area contributed by atoms with Crippen LogP contribution >= 0.6 is 34.8 Å². The maximum atomic E-state index is 10.5. The molecule has 1 aliphatic carbocycles. The Morgan fingerprint density at radius 1 is 1.29 bits per heavy atom. The largest absolute Gasteiger partial charge is 0.387 e. The molecule has 1 unspecified atom stereocenters. The number of halogens is 3. The minimum atomic E-state index is -0.991.